The fraction of sp³-hybridized carbons (Fsp3) is 0.263. The molecule has 0 radical (unpaired) electrons. The number of halogens is 2. The van der Waals surface area contributed by atoms with E-state index < -0.39 is 28.9 Å². The van der Waals surface area contributed by atoms with E-state index in [1.54, 1.807) is 0 Å². The molecule has 120 valence electrons. The predicted molar refractivity (Wildman–Crippen MR) is 104 cm³/mol. The van der Waals surface area contributed by atoms with Crippen molar-refractivity contribution in [3.63, 3.8) is 0 Å². The van der Waals surface area contributed by atoms with E-state index in [-0.39, 0.29) is 0 Å². The first-order chi connectivity index (χ1) is 10.9. The zero-order valence-corrected chi connectivity index (χ0v) is 19.1. The van der Waals surface area contributed by atoms with Crippen molar-refractivity contribution in [2.45, 2.75) is 33.0 Å². The molecule has 0 nitrogen and oxygen atoms in total. The van der Waals surface area contributed by atoms with Crippen molar-refractivity contribution < 1.29 is 20.8 Å². The Morgan fingerprint density at radius 3 is 2.13 bits per heavy atom. The molecule has 0 aliphatic heterocycles. The van der Waals surface area contributed by atoms with Crippen molar-refractivity contribution in [2.24, 2.45) is 0 Å². The maximum absolute atomic E-state index is 4.93. The standard InChI is InChI=1S/C19H22Si.2ClH.Zr/c1-14-12-16-6-5-7-18(19(16)13-14)15-8-10-17(11-9-15)20(2,3)4;;;/h5-11,13H,12H2,1-4H3;2*1H;/q;;;+2/p-2. The van der Waals surface area contributed by atoms with Crippen LogP contribution in [0.2, 0.25) is 19.6 Å². The van der Waals surface area contributed by atoms with Crippen LogP contribution in [0.1, 0.15) is 18.1 Å². The fourth-order valence-electron chi connectivity index (χ4n) is 2.94. The number of fused-ring (bicyclic) bond motifs is 1. The Bertz CT molecular complexity index is 700. The Hall–Kier alpha value is -0.140. The molecule has 0 N–H and O–H groups in total. The minimum absolute atomic E-state index is 0.826. The molecule has 0 fully saturated rings. The van der Waals surface area contributed by atoms with E-state index in [0.29, 0.717) is 0 Å². The first-order valence-corrected chi connectivity index (χ1v) is 17.6. The van der Waals surface area contributed by atoms with E-state index >= 15 is 0 Å². The molecule has 0 saturated heterocycles. The first kappa shape index (κ1) is 19.2. The molecular weight excluding hydrogens is 418 g/mol. The third-order valence-electron chi connectivity index (χ3n) is 4.12. The Labute approximate surface area is 159 Å². The SMILES string of the molecule is CC1=Cc2c(cccc2-c2ccc([Si](C)(C)C)cc2)C1.[Cl][Zr][Cl]. The van der Waals surface area contributed by atoms with Crippen molar-refractivity contribution in [1.29, 1.82) is 0 Å². The van der Waals surface area contributed by atoms with Crippen molar-refractivity contribution in [3.05, 3.63) is 59.2 Å². The summed E-state index contributed by atoms with van der Waals surface area (Å²) in [4.78, 5) is 0. The van der Waals surface area contributed by atoms with Gasteiger partial charge in [-0.05, 0) is 35.6 Å². The van der Waals surface area contributed by atoms with Gasteiger partial charge in [-0.3, -0.25) is 0 Å². The number of hydrogen-bond acceptors (Lipinski definition) is 0. The average Bonchev–Trinajstić information content (AvgIpc) is 2.87. The second-order valence-corrected chi connectivity index (χ2v) is 15.8. The molecule has 2 aromatic rings. The van der Waals surface area contributed by atoms with Crippen LogP contribution in [-0.4, -0.2) is 8.07 Å². The summed E-state index contributed by atoms with van der Waals surface area (Å²) in [6.07, 6.45) is 3.45. The zero-order valence-electron chi connectivity index (χ0n) is 14.1. The van der Waals surface area contributed by atoms with Gasteiger partial charge in [-0.15, -0.1) is 0 Å². The van der Waals surface area contributed by atoms with Gasteiger partial charge in [0, 0.05) is 0 Å². The summed E-state index contributed by atoms with van der Waals surface area (Å²) in [5.74, 6) is 0. The number of hydrogen-bond donors (Lipinski definition) is 0. The van der Waals surface area contributed by atoms with E-state index in [1.165, 1.54) is 33.0 Å². The van der Waals surface area contributed by atoms with Crippen molar-refractivity contribution in [3.8, 4) is 11.1 Å². The second kappa shape index (κ2) is 8.30. The van der Waals surface area contributed by atoms with Gasteiger partial charge in [0.05, 0.1) is 8.07 Å². The molecule has 0 saturated carbocycles. The quantitative estimate of drug-likeness (QED) is 0.485. The summed E-state index contributed by atoms with van der Waals surface area (Å²) in [6, 6.07) is 15.9. The van der Waals surface area contributed by atoms with Gasteiger partial charge in [0.2, 0.25) is 0 Å². The topological polar surface area (TPSA) is 0 Å². The van der Waals surface area contributed by atoms with Gasteiger partial charge in [-0.25, -0.2) is 0 Å². The molecule has 23 heavy (non-hydrogen) atoms. The van der Waals surface area contributed by atoms with Crippen LogP contribution in [-0.2, 0) is 27.3 Å². The van der Waals surface area contributed by atoms with Crippen LogP contribution in [0.4, 0.5) is 0 Å². The second-order valence-electron chi connectivity index (χ2n) is 6.94. The zero-order chi connectivity index (χ0) is 17.0. The molecule has 1 aliphatic rings. The normalized spacial score (nSPS) is 12.9. The minimum atomic E-state index is -1.20. The molecule has 0 bridgehead atoms. The predicted octanol–water partition coefficient (Wildman–Crippen LogP) is 6.23. The molecule has 3 rings (SSSR count). The van der Waals surface area contributed by atoms with Crippen molar-refractivity contribution >= 4 is 36.4 Å². The van der Waals surface area contributed by atoms with E-state index in [9.17, 15) is 0 Å². The Kier molecular flexibility index (Phi) is 6.92. The van der Waals surface area contributed by atoms with Gasteiger partial charge >= 0.3 is 37.9 Å². The maximum atomic E-state index is 4.93. The molecule has 2 aromatic carbocycles. The fourth-order valence-corrected chi connectivity index (χ4v) is 4.10. The van der Waals surface area contributed by atoms with E-state index in [1.807, 2.05) is 0 Å². The van der Waals surface area contributed by atoms with E-state index in [2.05, 4.69) is 75.1 Å². The molecule has 0 amide bonds. The summed E-state index contributed by atoms with van der Waals surface area (Å²) < 4.78 is 0. The van der Waals surface area contributed by atoms with Gasteiger partial charge < -0.3 is 0 Å². The summed E-state index contributed by atoms with van der Waals surface area (Å²) in [5.41, 5.74) is 7.07. The third kappa shape index (κ3) is 4.92. The first-order valence-electron chi connectivity index (χ1n) is 7.73. The monoisotopic (exact) mass is 438 g/mol. The van der Waals surface area contributed by atoms with Gasteiger partial charge in [0.1, 0.15) is 0 Å². The molecule has 0 aromatic heterocycles. The Morgan fingerprint density at radius 1 is 0.957 bits per heavy atom. The number of benzene rings is 2. The third-order valence-corrected chi connectivity index (χ3v) is 6.18. The van der Waals surface area contributed by atoms with Gasteiger partial charge in [-0.1, -0.05) is 78.9 Å². The summed E-state index contributed by atoms with van der Waals surface area (Å²) >= 11 is -0.826. The van der Waals surface area contributed by atoms with Crippen molar-refractivity contribution in [1.82, 2.24) is 0 Å². The van der Waals surface area contributed by atoms with Gasteiger partial charge in [-0.2, -0.15) is 0 Å². The van der Waals surface area contributed by atoms with Gasteiger partial charge in [0.25, 0.3) is 0 Å². The number of rotatable bonds is 2. The number of allylic oxidation sites excluding steroid dienone is 1. The molecule has 4 heteroatoms. The van der Waals surface area contributed by atoms with Crippen LogP contribution < -0.4 is 5.19 Å². The summed E-state index contributed by atoms with van der Waals surface area (Å²) in [7, 11) is 8.67. The van der Waals surface area contributed by atoms with E-state index in [4.69, 9.17) is 17.0 Å². The van der Waals surface area contributed by atoms with Crippen LogP contribution in [0.3, 0.4) is 0 Å². The summed E-state index contributed by atoms with van der Waals surface area (Å²) in [6.45, 7) is 9.41. The molecule has 0 spiro atoms. The van der Waals surface area contributed by atoms with Crippen LogP contribution in [0.25, 0.3) is 17.2 Å². The molecule has 1 aliphatic carbocycles. The molecule has 0 unspecified atom stereocenters. The Balaban J connectivity index is 0.000000595. The summed E-state index contributed by atoms with van der Waals surface area (Å²) in [5, 5.41) is 1.53. The molecular formula is C19H22Cl2SiZr. The van der Waals surface area contributed by atoms with Crippen LogP contribution in [0, 0.1) is 0 Å². The van der Waals surface area contributed by atoms with Crippen LogP contribution >= 0.6 is 17.0 Å². The van der Waals surface area contributed by atoms with Crippen LogP contribution in [0.15, 0.2) is 48.0 Å². The van der Waals surface area contributed by atoms with E-state index in [0.717, 1.165) is 6.42 Å². The van der Waals surface area contributed by atoms with Gasteiger partial charge in [0.15, 0.2) is 0 Å². The van der Waals surface area contributed by atoms with Crippen LogP contribution in [0.5, 0.6) is 0 Å². The molecule has 0 heterocycles. The van der Waals surface area contributed by atoms with Crippen molar-refractivity contribution in [2.75, 3.05) is 0 Å². The molecule has 0 atom stereocenters. The average molecular weight is 441 g/mol. The Morgan fingerprint density at radius 2 is 1.57 bits per heavy atom.